The van der Waals surface area contributed by atoms with Crippen molar-refractivity contribution in [1.82, 2.24) is 0 Å². The van der Waals surface area contributed by atoms with Crippen LogP contribution in [-0.2, 0) is 24.1 Å². The van der Waals surface area contributed by atoms with Crippen LogP contribution in [0.15, 0.2) is 39.0 Å². The molecule has 0 amide bonds. The van der Waals surface area contributed by atoms with Crippen molar-refractivity contribution in [3.05, 3.63) is 41.0 Å². The summed E-state index contributed by atoms with van der Waals surface area (Å²) in [7, 11) is -8.20. The molecule has 2 N–H and O–H groups in total. The molecular weight excluding hydrogens is 416 g/mol. The van der Waals surface area contributed by atoms with Crippen LogP contribution in [0.1, 0.15) is 26.3 Å². The molecular formula is C16H12O10S2. The van der Waals surface area contributed by atoms with E-state index in [1.807, 2.05) is 0 Å². The molecule has 0 atom stereocenters. The van der Waals surface area contributed by atoms with Gasteiger partial charge in [0.15, 0.2) is 5.75 Å². The highest BCUT2D eigenvalue weighted by Gasteiger charge is 2.38. The first-order valence-corrected chi connectivity index (χ1v) is 10.3. The first-order valence-electron chi connectivity index (χ1n) is 7.43. The molecule has 1 aliphatic rings. The van der Waals surface area contributed by atoms with Gasteiger partial charge in [0, 0.05) is 0 Å². The maximum atomic E-state index is 13.1. The molecule has 0 unspecified atom stereocenters. The minimum atomic E-state index is -4.53. The van der Waals surface area contributed by atoms with Gasteiger partial charge in [0.2, 0.25) is 9.84 Å². The van der Waals surface area contributed by atoms with Gasteiger partial charge in [0.1, 0.15) is 20.4 Å². The van der Waals surface area contributed by atoms with E-state index in [0.717, 1.165) is 31.4 Å². The first-order chi connectivity index (χ1) is 12.9. The standard InChI is InChI=1S/C16H12O10S2/c1-7-3-8(15(17)18)4-10-13(7)26-14-11(27(10,21)22)5-9(16(19)20)6-12(14)28(23,24)25-2/h3-6H,1-2H3,(H,17,18)(H,19,20). The third-order valence-corrected chi connectivity index (χ3v) is 7.07. The Morgan fingerprint density at radius 2 is 1.46 bits per heavy atom. The van der Waals surface area contributed by atoms with Crippen LogP contribution in [0.4, 0.5) is 0 Å². The fourth-order valence-electron chi connectivity index (χ4n) is 2.69. The molecule has 12 heteroatoms. The number of ether oxygens (including phenoxy) is 1. The Morgan fingerprint density at radius 3 is 1.96 bits per heavy atom. The number of carboxylic acids is 2. The van der Waals surface area contributed by atoms with E-state index >= 15 is 0 Å². The summed E-state index contributed by atoms with van der Waals surface area (Å²) < 4.78 is 60.5. The largest absolute Gasteiger partial charge is 0.478 e. The average Bonchev–Trinajstić information content (AvgIpc) is 2.61. The molecule has 28 heavy (non-hydrogen) atoms. The van der Waals surface area contributed by atoms with Crippen LogP contribution >= 0.6 is 0 Å². The number of sulfone groups is 1. The summed E-state index contributed by atoms with van der Waals surface area (Å²) in [5.74, 6) is -3.83. The summed E-state index contributed by atoms with van der Waals surface area (Å²) in [6.07, 6.45) is 0. The second-order valence-electron chi connectivity index (χ2n) is 5.76. The van der Waals surface area contributed by atoms with Gasteiger partial charge < -0.3 is 14.9 Å². The fourth-order valence-corrected chi connectivity index (χ4v) is 5.23. The molecule has 0 aromatic heterocycles. The van der Waals surface area contributed by atoms with Gasteiger partial charge in [0.05, 0.1) is 18.2 Å². The molecule has 0 aliphatic carbocycles. The highest BCUT2D eigenvalue weighted by atomic mass is 32.2. The highest BCUT2D eigenvalue weighted by Crippen LogP contribution is 2.48. The van der Waals surface area contributed by atoms with E-state index in [9.17, 15) is 31.5 Å². The van der Waals surface area contributed by atoms with E-state index in [1.165, 1.54) is 6.92 Å². The Kier molecular flexibility index (Phi) is 4.45. The zero-order valence-corrected chi connectivity index (χ0v) is 15.9. The van der Waals surface area contributed by atoms with Gasteiger partial charge in [-0.1, -0.05) is 0 Å². The van der Waals surface area contributed by atoms with Gasteiger partial charge in [-0.2, -0.15) is 8.42 Å². The van der Waals surface area contributed by atoms with Crippen molar-refractivity contribution in [1.29, 1.82) is 0 Å². The normalized spacial score (nSPS) is 14.5. The lowest BCUT2D eigenvalue weighted by Gasteiger charge is -2.24. The lowest BCUT2D eigenvalue weighted by molar-refractivity contribution is 0.0685. The first kappa shape index (κ1) is 19.8. The third kappa shape index (κ3) is 2.91. The van der Waals surface area contributed by atoms with E-state index in [2.05, 4.69) is 4.18 Å². The van der Waals surface area contributed by atoms with Crippen LogP contribution < -0.4 is 4.74 Å². The molecule has 148 valence electrons. The van der Waals surface area contributed by atoms with Crippen LogP contribution in [0.2, 0.25) is 0 Å². The number of hydrogen-bond acceptors (Lipinski definition) is 8. The average molecular weight is 428 g/mol. The number of carbonyl (C=O) groups is 2. The molecule has 10 nitrogen and oxygen atoms in total. The van der Waals surface area contributed by atoms with Gasteiger partial charge >= 0.3 is 22.1 Å². The minimum absolute atomic E-state index is 0.132. The fraction of sp³-hybridized carbons (Fsp3) is 0.125. The van der Waals surface area contributed by atoms with Crippen molar-refractivity contribution in [3.8, 4) is 11.5 Å². The molecule has 2 aromatic rings. The van der Waals surface area contributed by atoms with Crippen LogP contribution in [0, 0.1) is 6.92 Å². The third-order valence-electron chi connectivity index (χ3n) is 4.03. The Balaban J connectivity index is 2.45. The summed E-state index contributed by atoms with van der Waals surface area (Å²) in [6, 6.07) is 3.49. The molecule has 0 saturated heterocycles. The quantitative estimate of drug-likeness (QED) is 0.585. The topological polar surface area (TPSA) is 161 Å². The number of hydrogen-bond donors (Lipinski definition) is 2. The smallest absolute Gasteiger partial charge is 0.335 e. The maximum absolute atomic E-state index is 13.1. The second-order valence-corrected chi connectivity index (χ2v) is 9.33. The van der Waals surface area contributed by atoms with E-state index in [1.54, 1.807) is 0 Å². The maximum Gasteiger partial charge on any atom is 0.335 e. The Morgan fingerprint density at radius 1 is 0.964 bits per heavy atom. The van der Waals surface area contributed by atoms with Gasteiger partial charge in [-0.05, 0) is 36.8 Å². The monoisotopic (exact) mass is 428 g/mol. The SMILES string of the molecule is COS(=O)(=O)c1cc(C(=O)O)cc2c1Oc1c(C)cc(C(=O)O)cc1S2(=O)=O. The predicted octanol–water partition coefficient (Wildman–Crippen LogP) is 1.67. The zero-order valence-electron chi connectivity index (χ0n) is 14.3. The summed E-state index contributed by atoms with van der Waals surface area (Å²) in [4.78, 5) is 20.6. The molecule has 1 aliphatic heterocycles. The van der Waals surface area contributed by atoms with Crippen LogP contribution in [0.5, 0.6) is 11.5 Å². The van der Waals surface area contributed by atoms with Crippen molar-refractivity contribution in [3.63, 3.8) is 0 Å². The number of rotatable bonds is 4. The minimum Gasteiger partial charge on any atom is -0.478 e. The summed E-state index contributed by atoms with van der Waals surface area (Å²) in [5.41, 5.74) is -0.825. The molecule has 0 fully saturated rings. The Hall–Kier alpha value is -2.96. The Labute approximate surface area is 159 Å². The van der Waals surface area contributed by atoms with Gasteiger partial charge in [-0.3, -0.25) is 4.18 Å². The van der Waals surface area contributed by atoms with E-state index in [-0.39, 0.29) is 16.9 Å². The van der Waals surface area contributed by atoms with Crippen molar-refractivity contribution >= 4 is 31.9 Å². The summed E-state index contributed by atoms with van der Waals surface area (Å²) >= 11 is 0. The molecule has 0 saturated carbocycles. The van der Waals surface area contributed by atoms with E-state index < -0.39 is 57.9 Å². The van der Waals surface area contributed by atoms with Gasteiger partial charge in [-0.25, -0.2) is 18.0 Å². The number of aryl methyl sites for hydroxylation is 1. The van der Waals surface area contributed by atoms with Crippen molar-refractivity contribution in [2.24, 2.45) is 0 Å². The lowest BCUT2D eigenvalue weighted by atomic mass is 10.1. The van der Waals surface area contributed by atoms with Gasteiger partial charge in [0.25, 0.3) is 0 Å². The molecule has 0 bridgehead atoms. The Bertz CT molecular complexity index is 1260. The van der Waals surface area contributed by atoms with Crippen molar-refractivity contribution in [2.45, 2.75) is 21.6 Å². The second kappa shape index (κ2) is 6.29. The molecule has 3 rings (SSSR count). The van der Waals surface area contributed by atoms with Crippen LogP contribution in [-0.4, -0.2) is 46.1 Å². The summed E-state index contributed by atoms with van der Waals surface area (Å²) in [5, 5.41) is 18.4. The number of benzene rings is 2. The number of fused-ring (bicyclic) bond motifs is 2. The van der Waals surface area contributed by atoms with Crippen LogP contribution in [0.25, 0.3) is 0 Å². The lowest BCUT2D eigenvalue weighted by Crippen LogP contribution is -2.18. The molecule has 1 heterocycles. The van der Waals surface area contributed by atoms with E-state index in [4.69, 9.17) is 9.84 Å². The molecule has 0 radical (unpaired) electrons. The van der Waals surface area contributed by atoms with Crippen LogP contribution in [0.3, 0.4) is 0 Å². The predicted molar refractivity (Wildman–Crippen MR) is 91.3 cm³/mol. The number of aromatic carboxylic acids is 2. The molecule has 2 aromatic carbocycles. The van der Waals surface area contributed by atoms with Crippen molar-refractivity contribution < 1.29 is 45.6 Å². The summed E-state index contributed by atoms with van der Waals surface area (Å²) in [6.45, 7) is 1.39. The number of carboxylic acid groups (broad SMARTS) is 2. The van der Waals surface area contributed by atoms with Crippen molar-refractivity contribution in [2.75, 3.05) is 7.11 Å². The highest BCUT2D eigenvalue weighted by molar-refractivity contribution is 7.92. The molecule has 0 spiro atoms. The van der Waals surface area contributed by atoms with E-state index in [0.29, 0.717) is 0 Å². The zero-order chi connectivity index (χ0) is 21.0. The van der Waals surface area contributed by atoms with Gasteiger partial charge in [-0.15, -0.1) is 0 Å².